The van der Waals surface area contributed by atoms with Crippen LogP contribution in [-0.4, -0.2) is 34.0 Å². The first kappa shape index (κ1) is 9.40. The highest BCUT2D eigenvalue weighted by Crippen LogP contribution is 2.21. The molecule has 76 valence electrons. The van der Waals surface area contributed by atoms with Crippen LogP contribution in [-0.2, 0) is 4.79 Å². The second kappa shape index (κ2) is 3.92. The third-order valence-corrected chi connectivity index (χ3v) is 2.91. The quantitative estimate of drug-likeness (QED) is 0.766. The van der Waals surface area contributed by atoms with Crippen LogP contribution in [0.25, 0.3) is 0 Å². The Balaban J connectivity index is 1.99. The molecular weight excluding hydrogens is 178 g/mol. The number of aromatic nitrogens is 2. The van der Waals surface area contributed by atoms with Crippen LogP contribution >= 0.6 is 0 Å². The standard InChI is InChI=1S/C10H15N3O/c1-8(9-6-11-12-7-9)13-4-2-10(14)3-5-13/h6-8H,2-5H2,1H3,(H,11,12). The van der Waals surface area contributed by atoms with Gasteiger partial charge < -0.3 is 0 Å². The summed E-state index contributed by atoms with van der Waals surface area (Å²) in [6.07, 6.45) is 5.16. The number of hydrogen-bond acceptors (Lipinski definition) is 3. The molecule has 1 N–H and O–H groups in total. The first-order chi connectivity index (χ1) is 6.77. The fraction of sp³-hybridized carbons (Fsp3) is 0.600. The minimum absolute atomic E-state index is 0.363. The van der Waals surface area contributed by atoms with Crippen molar-refractivity contribution in [2.45, 2.75) is 25.8 Å². The van der Waals surface area contributed by atoms with E-state index in [1.165, 1.54) is 5.56 Å². The Morgan fingerprint density at radius 1 is 1.50 bits per heavy atom. The summed E-state index contributed by atoms with van der Waals surface area (Å²) in [5, 5.41) is 6.75. The number of likely N-dealkylation sites (tertiary alicyclic amines) is 1. The van der Waals surface area contributed by atoms with Crippen molar-refractivity contribution in [1.82, 2.24) is 15.1 Å². The Morgan fingerprint density at radius 3 is 2.79 bits per heavy atom. The first-order valence-corrected chi connectivity index (χ1v) is 5.02. The number of ketones is 1. The van der Waals surface area contributed by atoms with Crippen LogP contribution < -0.4 is 0 Å². The minimum Gasteiger partial charge on any atom is -0.300 e. The van der Waals surface area contributed by atoms with Crippen LogP contribution in [0.3, 0.4) is 0 Å². The maximum Gasteiger partial charge on any atom is 0.135 e. The molecule has 0 bridgehead atoms. The number of carbonyl (C=O) groups excluding carboxylic acids is 1. The molecule has 1 saturated heterocycles. The Bertz CT molecular complexity index is 297. The molecule has 1 aromatic heterocycles. The van der Waals surface area contributed by atoms with E-state index in [9.17, 15) is 4.79 Å². The van der Waals surface area contributed by atoms with Gasteiger partial charge in [-0.3, -0.25) is 14.8 Å². The molecule has 1 aliphatic heterocycles. The maximum atomic E-state index is 11.1. The number of Topliss-reactive ketones (excluding diaryl/α,β-unsaturated/α-hetero) is 1. The molecule has 2 heterocycles. The molecule has 0 amide bonds. The molecule has 0 spiro atoms. The average molecular weight is 193 g/mol. The van der Waals surface area contributed by atoms with E-state index in [1.54, 1.807) is 0 Å². The predicted octanol–water partition coefficient (Wildman–Crippen LogP) is 1.14. The van der Waals surface area contributed by atoms with E-state index in [0.717, 1.165) is 13.1 Å². The van der Waals surface area contributed by atoms with Crippen molar-refractivity contribution in [1.29, 1.82) is 0 Å². The van der Waals surface area contributed by atoms with Gasteiger partial charge in [0.15, 0.2) is 0 Å². The van der Waals surface area contributed by atoms with Crippen LogP contribution in [0.15, 0.2) is 12.4 Å². The largest absolute Gasteiger partial charge is 0.300 e. The molecule has 0 saturated carbocycles. The van der Waals surface area contributed by atoms with Crippen LogP contribution in [0.2, 0.25) is 0 Å². The summed E-state index contributed by atoms with van der Waals surface area (Å²) in [7, 11) is 0. The minimum atomic E-state index is 0.363. The zero-order valence-electron chi connectivity index (χ0n) is 8.36. The van der Waals surface area contributed by atoms with Crippen LogP contribution in [0, 0.1) is 0 Å². The lowest BCUT2D eigenvalue weighted by molar-refractivity contribution is -0.121. The van der Waals surface area contributed by atoms with Gasteiger partial charge in [0, 0.05) is 43.7 Å². The van der Waals surface area contributed by atoms with Crippen molar-refractivity contribution in [3.63, 3.8) is 0 Å². The van der Waals surface area contributed by atoms with E-state index in [1.807, 2.05) is 12.4 Å². The predicted molar refractivity (Wildman–Crippen MR) is 52.8 cm³/mol. The normalized spacial score (nSPS) is 21.1. The molecule has 1 unspecified atom stereocenters. The van der Waals surface area contributed by atoms with E-state index >= 15 is 0 Å². The molecule has 0 aliphatic carbocycles. The second-order valence-electron chi connectivity index (χ2n) is 3.78. The highest BCUT2D eigenvalue weighted by molar-refractivity contribution is 5.79. The number of H-pyrrole nitrogens is 1. The Labute approximate surface area is 83.3 Å². The summed E-state index contributed by atoms with van der Waals surface area (Å²) in [5.74, 6) is 0.389. The molecule has 0 aromatic carbocycles. The average Bonchev–Trinajstić information content (AvgIpc) is 2.71. The highest BCUT2D eigenvalue weighted by Gasteiger charge is 2.21. The monoisotopic (exact) mass is 193 g/mol. The van der Waals surface area contributed by atoms with Gasteiger partial charge in [0.2, 0.25) is 0 Å². The van der Waals surface area contributed by atoms with Crippen LogP contribution in [0.1, 0.15) is 31.4 Å². The van der Waals surface area contributed by atoms with Gasteiger partial charge in [-0.25, -0.2) is 0 Å². The van der Waals surface area contributed by atoms with E-state index < -0.39 is 0 Å². The smallest absolute Gasteiger partial charge is 0.135 e. The van der Waals surface area contributed by atoms with Crippen molar-refractivity contribution in [2.75, 3.05) is 13.1 Å². The van der Waals surface area contributed by atoms with Gasteiger partial charge in [-0.05, 0) is 6.92 Å². The summed E-state index contributed by atoms with van der Waals surface area (Å²) >= 11 is 0. The lowest BCUT2D eigenvalue weighted by atomic mass is 10.1. The Kier molecular flexibility index (Phi) is 2.63. The van der Waals surface area contributed by atoms with Gasteiger partial charge in [-0.15, -0.1) is 0 Å². The number of aromatic amines is 1. The molecule has 0 radical (unpaired) electrons. The summed E-state index contributed by atoms with van der Waals surface area (Å²) < 4.78 is 0. The number of rotatable bonds is 2. The van der Waals surface area contributed by atoms with Crippen LogP contribution in [0.4, 0.5) is 0 Å². The SMILES string of the molecule is CC(c1cn[nH]c1)N1CCC(=O)CC1. The number of nitrogens with zero attached hydrogens (tertiary/aromatic N) is 2. The van der Waals surface area contributed by atoms with Crippen molar-refractivity contribution in [2.24, 2.45) is 0 Å². The van der Waals surface area contributed by atoms with E-state index in [-0.39, 0.29) is 0 Å². The summed E-state index contributed by atoms with van der Waals surface area (Å²) in [6, 6.07) is 0.363. The van der Waals surface area contributed by atoms with E-state index in [2.05, 4.69) is 22.0 Å². The summed E-state index contributed by atoms with van der Waals surface area (Å²) in [5.41, 5.74) is 1.19. The first-order valence-electron chi connectivity index (χ1n) is 5.02. The Morgan fingerprint density at radius 2 is 2.21 bits per heavy atom. The lowest BCUT2D eigenvalue weighted by Gasteiger charge is -2.31. The van der Waals surface area contributed by atoms with Crippen molar-refractivity contribution < 1.29 is 4.79 Å². The zero-order valence-corrected chi connectivity index (χ0v) is 8.36. The molecular formula is C10H15N3O. The molecule has 14 heavy (non-hydrogen) atoms. The fourth-order valence-electron chi connectivity index (χ4n) is 1.86. The third kappa shape index (κ3) is 1.85. The Hall–Kier alpha value is -1.16. The van der Waals surface area contributed by atoms with E-state index in [0.29, 0.717) is 24.7 Å². The van der Waals surface area contributed by atoms with Crippen molar-refractivity contribution in [3.8, 4) is 0 Å². The van der Waals surface area contributed by atoms with E-state index in [4.69, 9.17) is 0 Å². The molecule has 1 fully saturated rings. The molecule has 1 atom stereocenters. The van der Waals surface area contributed by atoms with Crippen LogP contribution in [0.5, 0.6) is 0 Å². The van der Waals surface area contributed by atoms with Gasteiger partial charge in [-0.2, -0.15) is 5.10 Å². The second-order valence-corrected chi connectivity index (χ2v) is 3.78. The van der Waals surface area contributed by atoms with Gasteiger partial charge in [-0.1, -0.05) is 0 Å². The lowest BCUT2D eigenvalue weighted by Crippen LogP contribution is -2.35. The van der Waals surface area contributed by atoms with Gasteiger partial charge in [0.1, 0.15) is 5.78 Å². The zero-order chi connectivity index (χ0) is 9.97. The molecule has 1 aliphatic rings. The van der Waals surface area contributed by atoms with Gasteiger partial charge in [0.05, 0.1) is 6.20 Å². The maximum absolute atomic E-state index is 11.1. The summed E-state index contributed by atoms with van der Waals surface area (Å²) in [4.78, 5) is 13.4. The summed E-state index contributed by atoms with van der Waals surface area (Å²) in [6.45, 7) is 3.91. The molecule has 4 nitrogen and oxygen atoms in total. The van der Waals surface area contributed by atoms with Crippen molar-refractivity contribution in [3.05, 3.63) is 18.0 Å². The third-order valence-electron chi connectivity index (χ3n) is 2.91. The number of carbonyl (C=O) groups is 1. The van der Waals surface area contributed by atoms with Gasteiger partial charge in [0.25, 0.3) is 0 Å². The molecule has 2 rings (SSSR count). The topological polar surface area (TPSA) is 49.0 Å². The van der Waals surface area contributed by atoms with Crippen molar-refractivity contribution >= 4 is 5.78 Å². The number of nitrogens with one attached hydrogen (secondary N) is 1. The number of hydrogen-bond donors (Lipinski definition) is 1. The molecule has 1 aromatic rings. The number of piperidine rings is 1. The fourth-order valence-corrected chi connectivity index (χ4v) is 1.86. The molecule has 4 heteroatoms. The highest BCUT2D eigenvalue weighted by atomic mass is 16.1. The van der Waals surface area contributed by atoms with Gasteiger partial charge >= 0.3 is 0 Å².